The molecule has 0 unspecified atom stereocenters. The van der Waals surface area contributed by atoms with Crippen molar-refractivity contribution in [1.29, 1.82) is 0 Å². The molecule has 0 spiro atoms. The highest BCUT2D eigenvalue weighted by atomic mass is 32.2. The van der Waals surface area contributed by atoms with Crippen LogP contribution in [0, 0.1) is 0 Å². The summed E-state index contributed by atoms with van der Waals surface area (Å²) in [4.78, 5) is 40.3. The number of furan rings is 1. The van der Waals surface area contributed by atoms with E-state index in [4.69, 9.17) is 4.42 Å². The molecule has 1 aliphatic heterocycles. The van der Waals surface area contributed by atoms with E-state index in [9.17, 15) is 14.4 Å². The first-order valence-electron chi connectivity index (χ1n) is 7.52. The lowest BCUT2D eigenvalue weighted by atomic mass is 10.3. The smallest absolute Gasteiger partial charge is 0.282 e. The molecule has 2 aromatic rings. The summed E-state index contributed by atoms with van der Waals surface area (Å²) in [7, 11) is 0. The second kappa shape index (κ2) is 7.70. The van der Waals surface area contributed by atoms with Crippen molar-refractivity contribution in [1.82, 2.24) is 15.2 Å². The van der Waals surface area contributed by atoms with Crippen molar-refractivity contribution < 1.29 is 18.8 Å². The largest absolute Gasteiger partial charge is 0.458 e. The molecule has 2 N–H and O–H groups in total. The average molecular weight is 380 g/mol. The van der Waals surface area contributed by atoms with E-state index >= 15 is 0 Å². The standard InChI is InChI=1S/C15H16N4O4S2/c1-9(20)16-6-10-2-3-12(23-10)11-8-25-14(17-11)18-13(21)7-19-4-5-24-15(19)22/h2-3,8H,4-7H2,1H3,(H,16,20)(H,17,18,21). The zero-order chi connectivity index (χ0) is 17.8. The number of amides is 3. The molecule has 0 saturated carbocycles. The Morgan fingerprint density at radius 1 is 1.40 bits per heavy atom. The average Bonchev–Trinajstić information content (AvgIpc) is 3.27. The normalized spacial score (nSPS) is 14.0. The van der Waals surface area contributed by atoms with E-state index in [0.717, 1.165) is 0 Å². The minimum atomic E-state index is -0.275. The van der Waals surface area contributed by atoms with Crippen LogP contribution >= 0.6 is 23.1 Å². The maximum atomic E-state index is 12.0. The van der Waals surface area contributed by atoms with E-state index < -0.39 is 0 Å². The summed E-state index contributed by atoms with van der Waals surface area (Å²) in [6.45, 7) is 2.37. The Hall–Kier alpha value is -2.33. The van der Waals surface area contributed by atoms with Crippen LogP contribution in [0.25, 0.3) is 11.5 Å². The fraction of sp³-hybridized carbons (Fsp3) is 0.333. The summed E-state index contributed by atoms with van der Waals surface area (Å²) in [5.74, 6) is 1.48. The first kappa shape index (κ1) is 17.5. The van der Waals surface area contributed by atoms with E-state index in [0.29, 0.717) is 41.2 Å². The molecule has 132 valence electrons. The van der Waals surface area contributed by atoms with Crippen LogP contribution in [0.5, 0.6) is 0 Å². The number of aromatic nitrogens is 1. The number of carbonyl (C=O) groups excluding carboxylic acids is 3. The molecule has 0 aliphatic carbocycles. The topological polar surface area (TPSA) is 105 Å². The van der Waals surface area contributed by atoms with Crippen molar-refractivity contribution in [2.75, 3.05) is 24.2 Å². The lowest BCUT2D eigenvalue weighted by Gasteiger charge is -2.12. The quantitative estimate of drug-likeness (QED) is 0.796. The summed E-state index contributed by atoms with van der Waals surface area (Å²) in [5.41, 5.74) is 0.599. The van der Waals surface area contributed by atoms with Crippen LogP contribution in [0.1, 0.15) is 12.7 Å². The third-order valence-electron chi connectivity index (χ3n) is 3.36. The molecule has 10 heteroatoms. The molecule has 0 bridgehead atoms. The Labute approximate surface area is 152 Å². The van der Waals surface area contributed by atoms with Crippen molar-refractivity contribution in [3.05, 3.63) is 23.3 Å². The molecule has 3 amide bonds. The van der Waals surface area contributed by atoms with Gasteiger partial charge in [0.2, 0.25) is 11.8 Å². The highest BCUT2D eigenvalue weighted by molar-refractivity contribution is 8.13. The van der Waals surface area contributed by atoms with Crippen LogP contribution in [0.4, 0.5) is 9.93 Å². The minimum absolute atomic E-state index is 0.0301. The molecular weight excluding hydrogens is 364 g/mol. The molecule has 1 fully saturated rings. The molecule has 0 atom stereocenters. The van der Waals surface area contributed by atoms with E-state index in [2.05, 4.69) is 15.6 Å². The van der Waals surface area contributed by atoms with Gasteiger partial charge in [0.05, 0.1) is 6.54 Å². The number of hydrogen-bond donors (Lipinski definition) is 2. The van der Waals surface area contributed by atoms with Gasteiger partial charge in [-0.2, -0.15) is 0 Å². The monoisotopic (exact) mass is 380 g/mol. The number of hydrogen-bond acceptors (Lipinski definition) is 7. The van der Waals surface area contributed by atoms with E-state index in [-0.39, 0.29) is 23.6 Å². The first-order chi connectivity index (χ1) is 12.0. The molecule has 8 nitrogen and oxygen atoms in total. The van der Waals surface area contributed by atoms with E-state index in [1.165, 1.54) is 34.9 Å². The number of anilines is 1. The van der Waals surface area contributed by atoms with Gasteiger partial charge in [0, 0.05) is 24.6 Å². The number of thioether (sulfide) groups is 1. The minimum Gasteiger partial charge on any atom is -0.458 e. The van der Waals surface area contributed by atoms with Crippen molar-refractivity contribution in [3.8, 4) is 11.5 Å². The fourth-order valence-corrected chi connectivity index (χ4v) is 3.71. The van der Waals surface area contributed by atoms with Crippen LogP contribution < -0.4 is 10.6 Å². The molecular formula is C15H16N4O4S2. The van der Waals surface area contributed by atoms with Crippen LogP contribution in [-0.4, -0.2) is 45.8 Å². The van der Waals surface area contributed by atoms with Crippen molar-refractivity contribution in [3.63, 3.8) is 0 Å². The predicted molar refractivity (Wildman–Crippen MR) is 95.4 cm³/mol. The van der Waals surface area contributed by atoms with E-state index in [1.807, 2.05) is 0 Å². The molecule has 3 rings (SSSR count). The van der Waals surface area contributed by atoms with Crippen LogP contribution in [-0.2, 0) is 16.1 Å². The Bertz CT molecular complexity index is 801. The molecule has 1 saturated heterocycles. The molecule has 0 aromatic carbocycles. The van der Waals surface area contributed by atoms with Gasteiger partial charge >= 0.3 is 0 Å². The fourth-order valence-electron chi connectivity index (χ4n) is 2.17. The lowest BCUT2D eigenvalue weighted by molar-refractivity contribution is -0.119. The number of rotatable bonds is 6. The Morgan fingerprint density at radius 2 is 2.24 bits per heavy atom. The van der Waals surface area contributed by atoms with Gasteiger partial charge in [-0.25, -0.2) is 4.98 Å². The van der Waals surface area contributed by atoms with Crippen LogP contribution in [0.2, 0.25) is 0 Å². The summed E-state index contributed by atoms with van der Waals surface area (Å²) < 4.78 is 5.62. The maximum Gasteiger partial charge on any atom is 0.282 e. The third-order valence-corrected chi connectivity index (χ3v) is 5.01. The molecule has 25 heavy (non-hydrogen) atoms. The number of thiazole rings is 1. The summed E-state index contributed by atoms with van der Waals surface area (Å²) in [5, 5.41) is 7.49. The second-order valence-corrected chi connectivity index (χ2v) is 7.20. The Balaban J connectivity index is 1.57. The van der Waals surface area contributed by atoms with Gasteiger partial charge in [0.25, 0.3) is 5.24 Å². The predicted octanol–water partition coefficient (Wildman–Crippen LogP) is 2.15. The Kier molecular flexibility index (Phi) is 5.39. The number of carbonyl (C=O) groups is 3. The molecule has 1 aliphatic rings. The SMILES string of the molecule is CC(=O)NCc1ccc(-c2csc(NC(=O)CN3CCSC3=O)n2)o1. The van der Waals surface area contributed by atoms with Crippen molar-refractivity contribution >= 4 is 45.3 Å². The molecule has 3 heterocycles. The zero-order valence-corrected chi connectivity index (χ0v) is 15.0. The van der Waals surface area contributed by atoms with Crippen molar-refractivity contribution in [2.24, 2.45) is 0 Å². The second-order valence-electron chi connectivity index (χ2n) is 5.30. The van der Waals surface area contributed by atoms with Crippen LogP contribution in [0.3, 0.4) is 0 Å². The van der Waals surface area contributed by atoms with E-state index in [1.54, 1.807) is 17.5 Å². The van der Waals surface area contributed by atoms with Gasteiger partial charge in [-0.15, -0.1) is 11.3 Å². The van der Waals surface area contributed by atoms with Crippen molar-refractivity contribution in [2.45, 2.75) is 13.5 Å². The maximum absolute atomic E-state index is 12.0. The molecule has 0 radical (unpaired) electrons. The number of nitrogens with zero attached hydrogens (tertiary/aromatic N) is 2. The van der Waals surface area contributed by atoms with Gasteiger partial charge in [-0.05, 0) is 12.1 Å². The highest BCUT2D eigenvalue weighted by Crippen LogP contribution is 2.26. The third kappa shape index (κ3) is 4.60. The van der Waals surface area contributed by atoms with Gasteiger partial charge in [-0.3, -0.25) is 14.4 Å². The van der Waals surface area contributed by atoms with Crippen LogP contribution in [0.15, 0.2) is 21.9 Å². The van der Waals surface area contributed by atoms with Gasteiger partial charge < -0.3 is 20.0 Å². The summed E-state index contributed by atoms with van der Waals surface area (Å²) in [6.07, 6.45) is 0. The van der Waals surface area contributed by atoms with Gasteiger partial charge in [0.1, 0.15) is 18.0 Å². The highest BCUT2D eigenvalue weighted by Gasteiger charge is 2.23. The summed E-state index contributed by atoms with van der Waals surface area (Å²) in [6, 6.07) is 3.53. The van der Waals surface area contributed by atoms with Gasteiger partial charge in [0.15, 0.2) is 10.9 Å². The lowest BCUT2D eigenvalue weighted by Crippen LogP contribution is -2.33. The first-order valence-corrected chi connectivity index (χ1v) is 9.38. The zero-order valence-electron chi connectivity index (χ0n) is 13.4. The molecule has 2 aromatic heterocycles. The summed E-state index contributed by atoms with van der Waals surface area (Å²) >= 11 is 2.50. The van der Waals surface area contributed by atoms with Gasteiger partial charge in [-0.1, -0.05) is 11.8 Å². The Morgan fingerprint density at radius 3 is 2.96 bits per heavy atom. The number of nitrogens with one attached hydrogen (secondary N) is 2.